The number of nitrogens with one attached hydrogen (secondary N) is 1. The van der Waals surface area contributed by atoms with Crippen LogP contribution >= 0.6 is 11.6 Å². The van der Waals surface area contributed by atoms with Crippen molar-refractivity contribution in [2.75, 3.05) is 6.54 Å². The van der Waals surface area contributed by atoms with E-state index in [9.17, 15) is 5.11 Å². The van der Waals surface area contributed by atoms with E-state index in [-0.39, 0.29) is 6.04 Å². The highest BCUT2D eigenvalue weighted by Gasteiger charge is 2.43. The summed E-state index contributed by atoms with van der Waals surface area (Å²) < 4.78 is 6.27. The number of nitrogens with zero attached hydrogens (tertiary/aromatic N) is 1. The lowest BCUT2D eigenvalue weighted by atomic mass is 9.84. The van der Waals surface area contributed by atoms with Crippen LogP contribution in [0.2, 0.25) is 5.02 Å². The Hall–Kier alpha value is -1.36. The number of aromatic nitrogens is 1. The van der Waals surface area contributed by atoms with Gasteiger partial charge in [-0.25, -0.2) is 4.98 Å². The van der Waals surface area contributed by atoms with Crippen LogP contribution in [0.4, 0.5) is 0 Å². The Kier molecular flexibility index (Phi) is 5.56. The number of hydrogen-bond donors (Lipinski definition) is 2. The van der Waals surface area contributed by atoms with Gasteiger partial charge in [0.05, 0.1) is 11.1 Å². The second-order valence-electron chi connectivity index (χ2n) is 9.00. The molecule has 1 aromatic carbocycles. The Balaban J connectivity index is 1.64. The minimum atomic E-state index is -0.707. The molecule has 2 unspecified atom stereocenters. The van der Waals surface area contributed by atoms with Gasteiger partial charge in [0.15, 0.2) is 5.75 Å². The predicted octanol–water partition coefficient (Wildman–Crippen LogP) is 5.33. The second kappa shape index (κ2) is 7.81. The van der Waals surface area contributed by atoms with Gasteiger partial charge in [-0.05, 0) is 45.7 Å². The zero-order valence-electron chi connectivity index (χ0n) is 17.1. The summed E-state index contributed by atoms with van der Waals surface area (Å²) in [5, 5.41) is 16.2. The van der Waals surface area contributed by atoms with E-state index in [0.29, 0.717) is 5.02 Å². The van der Waals surface area contributed by atoms with Gasteiger partial charge in [0.25, 0.3) is 0 Å². The van der Waals surface area contributed by atoms with Gasteiger partial charge in [-0.3, -0.25) is 0 Å². The fourth-order valence-corrected chi connectivity index (χ4v) is 5.06. The van der Waals surface area contributed by atoms with Crippen LogP contribution in [0.15, 0.2) is 18.2 Å². The first-order valence-corrected chi connectivity index (χ1v) is 10.9. The molecule has 0 saturated heterocycles. The molecule has 4 rings (SSSR count). The average Bonchev–Trinajstić information content (AvgIpc) is 2.65. The van der Waals surface area contributed by atoms with Crippen molar-refractivity contribution in [3.8, 4) is 5.75 Å². The minimum absolute atomic E-state index is 0.173. The largest absolute Gasteiger partial charge is 0.482 e. The first kappa shape index (κ1) is 19.9. The van der Waals surface area contributed by atoms with E-state index >= 15 is 0 Å². The quantitative estimate of drug-likeness (QED) is 0.725. The van der Waals surface area contributed by atoms with Crippen LogP contribution in [0, 0.1) is 12.8 Å². The van der Waals surface area contributed by atoms with Gasteiger partial charge in [0.2, 0.25) is 0 Å². The monoisotopic (exact) mass is 402 g/mol. The molecule has 0 bridgehead atoms. The fourth-order valence-electron chi connectivity index (χ4n) is 4.75. The Morgan fingerprint density at radius 2 is 2.00 bits per heavy atom. The molecule has 2 aromatic rings. The maximum Gasteiger partial charge on any atom is 0.151 e. The van der Waals surface area contributed by atoms with Crippen molar-refractivity contribution >= 4 is 22.5 Å². The lowest BCUT2D eigenvalue weighted by Gasteiger charge is -2.43. The van der Waals surface area contributed by atoms with Crippen molar-refractivity contribution in [1.82, 2.24) is 10.3 Å². The lowest BCUT2D eigenvalue weighted by molar-refractivity contribution is -0.0637. The molecule has 28 heavy (non-hydrogen) atoms. The molecular formula is C23H31ClN2O2. The van der Waals surface area contributed by atoms with E-state index in [1.165, 1.54) is 32.1 Å². The molecular weight excluding hydrogens is 372 g/mol. The number of ether oxygens (including phenoxy) is 1. The third kappa shape index (κ3) is 3.74. The van der Waals surface area contributed by atoms with Crippen molar-refractivity contribution in [2.24, 2.45) is 5.92 Å². The van der Waals surface area contributed by atoms with Gasteiger partial charge < -0.3 is 15.2 Å². The number of pyridine rings is 1. The molecule has 2 heterocycles. The summed E-state index contributed by atoms with van der Waals surface area (Å²) in [6, 6.07) is 5.72. The molecule has 4 nitrogen and oxygen atoms in total. The molecule has 5 heteroatoms. The van der Waals surface area contributed by atoms with E-state index in [1.807, 2.05) is 39.0 Å². The minimum Gasteiger partial charge on any atom is -0.482 e. The molecule has 0 amide bonds. The summed E-state index contributed by atoms with van der Waals surface area (Å²) in [4.78, 5) is 4.71. The predicted molar refractivity (Wildman–Crippen MR) is 114 cm³/mol. The van der Waals surface area contributed by atoms with Gasteiger partial charge in [-0.1, -0.05) is 55.8 Å². The summed E-state index contributed by atoms with van der Waals surface area (Å²) in [5.74, 6) is 1.55. The Morgan fingerprint density at radius 3 is 2.75 bits per heavy atom. The molecule has 0 spiro atoms. The summed E-state index contributed by atoms with van der Waals surface area (Å²) in [7, 11) is 0. The summed E-state index contributed by atoms with van der Waals surface area (Å²) in [6.07, 6.45) is 7.31. The third-order valence-corrected chi connectivity index (χ3v) is 6.73. The number of rotatable bonds is 4. The van der Waals surface area contributed by atoms with E-state index in [0.717, 1.165) is 46.8 Å². The maximum absolute atomic E-state index is 11.0. The van der Waals surface area contributed by atoms with Gasteiger partial charge in [-0.2, -0.15) is 0 Å². The van der Waals surface area contributed by atoms with Gasteiger partial charge in [-0.15, -0.1) is 0 Å². The summed E-state index contributed by atoms with van der Waals surface area (Å²) in [5.41, 5.74) is 1.90. The number of aliphatic hydroxyl groups excluding tert-OH is 1. The maximum atomic E-state index is 11.0. The van der Waals surface area contributed by atoms with Crippen LogP contribution in [-0.2, 0) is 0 Å². The average molecular weight is 403 g/mol. The number of fused-ring (bicyclic) bond motifs is 3. The van der Waals surface area contributed by atoms with E-state index in [1.54, 1.807) is 0 Å². The van der Waals surface area contributed by atoms with Crippen LogP contribution in [-0.4, -0.2) is 28.3 Å². The zero-order valence-corrected chi connectivity index (χ0v) is 17.9. The van der Waals surface area contributed by atoms with Crippen molar-refractivity contribution in [2.45, 2.75) is 77.0 Å². The second-order valence-corrected chi connectivity index (χ2v) is 9.41. The highest BCUT2D eigenvalue weighted by atomic mass is 35.5. The highest BCUT2D eigenvalue weighted by molar-refractivity contribution is 6.35. The zero-order chi connectivity index (χ0) is 19.9. The van der Waals surface area contributed by atoms with Gasteiger partial charge in [0.1, 0.15) is 17.2 Å². The molecule has 152 valence electrons. The van der Waals surface area contributed by atoms with Crippen LogP contribution in [0.5, 0.6) is 5.75 Å². The normalized spacial score (nSPS) is 24.8. The molecule has 1 fully saturated rings. The molecule has 2 aliphatic rings. The molecule has 2 atom stereocenters. The molecule has 1 aliphatic heterocycles. The summed E-state index contributed by atoms with van der Waals surface area (Å²) >= 11 is 6.45. The number of benzene rings is 1. The van der Waals surface area contributed by atoms with E-state index in [4.69, 9.17) is 21.3 Å². The Bertz CT molecular complexity index is 861. The summed E-state index contributed by atoms with van der Waals surface area (Å²) in [6.45, 7) is 6.72. The van der Waals surface area contributed by atoms with E-state index in [2.05, 4.69) is 5.32 Å². The molecule has 2 N–H and O–H groups in total. The smallest absolute Gasteiger partial charge is 0.151 e. The van der Waals surface area contributed by atoms with Crippen LogP contribution in [0.1, 0.15) is 69.7 Å². The molecule has 1 saturated carbocycles. The SMILES string of the molecule is Cc1cc(Cl)c2ccc3c(c2n1)OC(C)(C)C(O)C3NCCC1CCCCC1. The standard InChI is InChI=1S/C23H31ClN2O2/c1-14-13-18(24)16-9-10-17-20(25-12-11-15-7-5-4-6-8-15)22(27)23(2,3)28-21(17)19(16)26-14/h9-10,13,15,20,22,25,27H,4-8,11-12H2,1-3H3. The molecule has 1 aliphatic carbocycles. The lowest BCUT2D eigenvalue weighted by Crippen LogP contribution is -2.52. The Labute approximate surface area is 172 Å². The van der Waals surface area contributed by atoms with Crippen molar-refractivity contribution in [3.63, 3.8) is 0 Å². The number of aliphatic hydroxyl groups is 1. The van der Waals surface area contributed by atoms with E-state index < -0.39 is 11.7 Å². The van der Waals surface area contributed by atoms with Crippen LogP contribution in [0.25, 0.3) is 10.9 Å². The highest BCUT2D eigenvalue weighted by Crippen LogP contribution is 2.44. The van der Waals surface area contributed by atoms with Crippen molar-refractivity contribution in [3.05, 3.63) is 34.5 Å². The third-order valence-electron chi connectivity index (χ3n) is 6.41. The molecule has 0 radical (unpaired) electrons. The number of hydrogen-bond acceptors (Lipinski definition) is 4. The van der Waals surface area contributed by atoms with Crippen molar-refractivity contribution in [1.29, 1.82) is 0 Å². The van der Waals surface area contributed by atoms with Crippen LogP contribution < -0.4 is 10.1 Å². The first-order chi connectivity index (χ1) is 13.4. The first-order valence-electron chi connectivity index (χ1n) is 10.6. The molecule has 1 aromatic heterocycles. The van der Waals surface area contributed by atoms with Gasteiger partial charge in [0, 0.05) is 16.6 Å². The fraction of sp³-hybridized carbons (Fsp3) is 0.609. The Morgan fingerprint density at radius 1 is 1.25 bits per heavy atom. The van der Waals surface area contributed by atoms with Crippen molar-refractivity contribution < 1.29 is 9.84 Å². The van der Waals surface area contributed by atoms with Gasteiger partial charge >= 0.3 is 0 Å². The topological polar surface area (TPSA) is 54.4 Å². The van der Waals surface area contributed by atoms with Crippen LogP contribution in [0.3, 0.4) is 0 Å². The number of halogens is 1. The number of aryl methyl sites for hydroxylation is 1.